The zero-order chi connectivity index (χ0) is 36.4. The van der Waals surface area contributed by atoms with Crippen LogP contribution in [0, 0.1) is 18.3 Å². The third kappa shape index (κ3) is 8.43. The van der Waals surface area contributed by atoms with Gasteiger partial charge in [0.15, 0.2) is 5.89 Å². The number of hydrogen-bond acceptors (Lipinski definition) is 8. The van der Waals surface area contributed by atoms with Crippen LogP contribution in [0.5, 0.6) is 5.75 Å². The van der Waals surface area contributed by atoms with Crippen molar-refractivity contribution in [1.29, 1.82) is 0 Å². The van der Waals surface area contributed by atoms with E-state index in [0.717, 1.165) is 55.5 Å². The first-order valence-electron chi connectivity index (χ1n) is 18.8. The Labute approximate surface area is 302 Å². The molecule has 4 fully saturated rings. The minimum atomic E-state index is -0.856. The summed E-state index contributed by atoms with van der Waals surface area (Å²) >= 11 is 0. The second kappa shape index (κ2) is 15.0. The number of amides is 2. The van der Waals surface area contributed by atoms with Gasteiger partial charge in [0, 0.05) is 36.7 Å². The number of carbonyl (C=O) groups is 2. The molecule has 1 aromatic carbocycles. The summed E-state index contributed by atoms with van der Waals surface area (Å²) in [6, 6.07) is 10.6. The number of nitrogens with zero attached hydrogens (tertiary/aromatic N) is 3. The highest BCUT2D eigenvalue weighted by Crippen LogP contribution is 2.58. The first kappa shape index (κ1) is 36.9. The minimum Gasteiger partial charge on any atom is -0.496 e. The number of aliphatic hydroxyl groups is 1. The highest BCUT2D eigenvalue weighted by molar-refractivity contribution is 5.95. The number of alkyl carbamates (subject to hydrolysis) is 1. The topological polar surface area (TPSA) is 127 Å². The van der Waals surface area contributed by atoms with Crippen LogP contribution >= 0.6 is 0 Å². The van der Waals surface area contributed by atoms with Gasteiger partial charge in [0.25, 0.3) is 0 Å². The molecule has 10 heteroatoms. The number of carbonyl (C=O) groups excluding carboxylic acids is 2. The van der Waals surface area contributed by atoms with Gasteiger partial charge >= 0.3 is 6.09 Å². The number of rotatable bonds is 12. The van der Waals surface area contributed by atoms with Crippen LogP contribution in [0.25, 0.3) is 11.3 Å². The number of anilines is 1. The lowest BCUT2D eigenvalue weighted by Crippen LogP contribution is -2.52. The fraction of sp³-hybridized carbons (Fsp3) is 0.610. The van der Waals surface area contributed by atoms with Crippen molar-refractivity contribution >= 4 is 17.8 Å². The number of oxazole rings is 1. The Kier molecular flexibility index (Phi) is 10.8. The molecule has 276 valence electrons. The second-order valence-electron chi connectivity index (χ2n) is 16.4. The van der Waals surface area contributed by atoms with Crippen LogP contribution in [0.2, 0.25) is 0 Å². The van der Waals surface area contributed by atoms with E-state index in [2.05, 4.69) is 44.3 Å². The minimum absolute atomic E-state index is 0.0247. The van der Waals surface area contributed by atoms with Gasteiger partial charge in [-0.05, 0) is 132 Å². The monoisotopic (exact) mass is 700 g/mol. The molecule has 0 spiro atoms. The second-order valence-corrected chi connectivity index (χ2v) is 16.4. The van der Waals surface area contributed by atoms with E-state index >= 15 is 0 Å². The number of aromatic nitrogens is 2. The molecule has 51 heavy (non-hydrogen) atoms. The lowest BCUT2D eigenvalue weighted by atomic mass is 9.51. The van der Waals surface area contributed by atoms with Gasteiger partial charge in [-0.1, -0.05) is 26.0 Å². The Morgan fingerprint density at radius 2 is 1.76 bits per heavy atom. The fourth-order valence-electron chi connectivity index (χ4n) is 8.47. The lowest BCUT2D eigenvalue weighted by molar-refractivity contribution is -0.124. The van der Waals surface area contributed by atoms with Crippen molar-refractivity contribution in [3.63, 3.8) is 0 Å². The van der Waals surface area contributed by atoms with E-state index in [-0.39, 0.29) is 34.7 Å². The van der Waals surface area contributed by atoms with Crippen LogP contribution in [0.15, 0.2) is 47.2 Å². The van der Waals surface area contributed by atoms with E-state index in [9.17, 15) is 14.7 Å². The van der Waals surface area contributed by atoms with Crippen molar-refractivity contribution in [2.45, 2.75) is 128 Å². The molecule has 2 amide bonds. The number of hydrogen-bond donors (Lipinski definition) is 2. The molecule has 2 aromatic heterocycles. The number of benzene rings is 1. The Morgan fingerprint density at radius 3 is 2.37 bits per heavy atom. The summed E-state index contributed by atoms with van der Waals surface area (Å²) in [4.78, 5) is 38.5. The Hall–Kier alpha value is -3.92. The zero-order valence-electron chi connectivity index (χ0n) is 31.3. The summed E-state index contributed by atoms with van der Waals surface area (Å²) in [6.07, 6.45) is 12.2. The molecule has 3 aromatic rings. The van der Waals surface area contributed by atoms with Gasteiger partial charge < -0.3 is 24.3 Å². The highest BCUT2D eigenvalue weighted by Gasteiger charge is 2.51. The van der Waals surface area contributed by atoms with E-state index in [4.69, 9.17) is 23.9 Å². The molecule has 10 nitrogen and oxygen atoms in total. The molecule has 4 saturated carbocycles. The molecule has 4 aliphatic rings. The predicted octanol–water partition coefficient (Wildman–Crippen LogP) is 8.25. The van der Waals surface area contributed by atoms with Crippen LogP contribution in [0.1, 0.15) is 121 Å². The maximum absolute atomic E-state index is 14.6. The van der Waals surface area contributed by atoms with E-state index in [1.807, 2.05) is 17.0 Å². The molecule has 2 bridgehead atoms. The standard InChI is InChI=1S/C41H56N4O6/c1-27(2)36-44-33(25-50-36)30-13-21-42-35(24-30)45(37(46)29-7-10-32(11-8-29)51-38(47)43-22-20-39(4,5)48)26-40-14-17-41(18-15-40,19-16-40)31-9-12-34(49-6)28(3)23-31/h9,12-13,21,23-25,27,29,32,48H,7-8,10-11,14-20,22,26H2,1-6H3,(H,43,47). The van der Waals surface area contributed by atoms with E-state index in [0.29, 0.717) is 56.9 Å². The van der Waals surface area contributed by atoms with Gasteiger partial charge in [-0.3, -0.25) is 9.69 Å². The summed E-state index contributed by atoms with van der Waals surface area (Å²) in [5.74, 6) is 2.34. The lowest BCUT2D eigenvalue weighted by Gasteiger charge is -2.55. The SMILES string of the molecule is COc1ccc(C23CCC(CN(C(=O)C4CCC(OC(=O)NCCC(C)(C)O)CC4)c4cc(-c5coc(C(C)C)n5)ccn4)(CC2)CC3)cc1C. The summed E-state index contributed by atoms with van der Waals surface area (Å²) in [5, 5.41) is 12.7. The van der Waals surface area contributed by atoms with E-state index < -0.39 is 11.7 Å². The average Bonchev–Trinajstić information content (AvgIpc) is 3.62. The van der Waals surface area contributed by atoms with Crippen molar-refractivity contribution in [2.75, 3.05) is 25.1 Å². The fourth-order valence-corrected chi connectivity index (χ4v) is 8.47. The van der Waals surface area contributed by atoms with Crippen LogP contribution < -0.4 is 15.0 Å². The molecule has 7 rings (SSSR count). The van der Waals surface area contributed by atoms with Gasteiger partial charge in [-0.25, -0.2) is 14.8 Å². The number of methoxy groups -OCH3 is 1. The number of aryl methyl sites for hydroxylation is 1. The van der Waals surface area contributed by atoms with Gasteiger partial charge in [-0.2, -0.15) is 0 Å². The summed E-state index contributed by atoms with van der Waals surface area (Å²) < 4.78 is 17.0. The maximum atomic E-state index is 14.6. The van der Waals surface area contributed by atoms with Gasteiger partial charge in [-0.15, -0.1) is 0 Å². The molecule has 2 heterocycles. The van der Waals surface area contributed by atoms with Crippen LogP contribution in [0.3, 0.4) is 0 Å². The molecule has 0 aliphatic heterocycles. The molecule has 4 aliphatic carbocycles. The summed E-state index contributed by atoms with van der Waals surface area (Å²) in [5.41, 5.74) is 3.54. The Morgan fingerprint density at radius 1 is 1.06 bits per heavy atom. The molecular weight excluding hydrogens is 644 g/mol. The van der Waals surface area contributed by atoms with Gasteiger partial charge in [0.2, 0.25) is 5.91 Å². The third-order valence-corrected chi connectivity index (χ3v) is 11.8. The van der Waals surface area contributed by atoms with Crippen LogP contribution in [-0.4, -0.2) is 59.0 Å². The van der Waals surface area contributed by atoms with Crippen LogP contribution in [0.4, 0.5) is 10.6 Å². The molecule has 2 N–H and O–H groups in total. The van der Waals surface area contributed by atoms with Crippen molar-refractivity contribution in [3.8, 4) is 17.0 Å². The quantitative estimate of drug-likeness (QED) is 0.193. The molecular formula is C41H56N4O6. The smallest absolute Gasteiger partial charge is 0.407 e. The van der Waals surface area contributed by atoms with Crippen molar-refractivity contribution in [2.24, 2.45) is 11.3 Å². The normalized spacial score (nSPS) is 24.7. The number of nitrogens with one attached hydrogen (secondary N) is 1. The first-order valence-corrected chi connectivity index (χ1v) is 18.8. The van der Waals surface area contributed by atoms with Gasteiger partial charge in [0.05, 0.1) is 12.7 Å². The van der Waals surface area contributed by atoms with E-state index in [1.54, 1.807) is 33.4 Å². The first-order chi connectivity index (χ1) is 24.3. The Balaban J connectivity index is 1.18. The maximum Gasteiger partial charge on any atom is 0.407 e. The molecule has 0 atom stereocenters. The highest BCUT2D eigenvalue weighted by atomic mass is 16.6. The van der Waals surface area contributed by atoms with Crippen molar-refractivity contribution < 1.29 is 28.6 Å². The Bertz CT molecular complexity index is 1660. The van der Waals surface area contributed by atoms with Crippen molar-refractivity contribution in [3.05, 3.63) is 59.8 Å². The molecule has 0 radical (unpaired) electrons. The average molecular weight is 701 g/mol. The number of fused-ring (bicyclic) bond motifs is 3. The summed E-state index contributed by atoms with van der Waals surface area (Å²) in [7, 11) is 1.73. The zero-order valence-corrected chi connectivity index (χ0v) is 31.3. The van der Waals surface area contributed by atoms with Crippen LogP contribution in [-0.2, 0) is 14.9 Å². The largest absolute Gasteiger partial charge is 0.496 e. The molecule has 0 saturated heterocycles. The predicted molar refractivity (Wildman–Crippen MR) is 197 cm³/mol. The third-order valence-electron chi connectivity index (χ3n) is 11.8. The number of ether oxygens (including phenoxy) is 2. The summed E-state index contributed by atoms with van der Waals surface area (Å²) in [6.45, 7) is 10.6. The van der Waals surface area contributed by atoms with E-state index in [1.165, 1.54) is 11.1 Å². The van der Waals surface area contributed by atoms with Gasteiger partial charge in [0.1, 0.15) is 29.6 Å². The molecule has 0 unspecified atom stereocenters. The number of pyridine rings is 1. The van der Waals surface area contributed by atoms with Crippen molar-refractivity contribution in [1.82, 2.24) is 15.3 Å².